The smallest absolute Gasteiger partial charge is 0.269 e. The van der Waals surface area contributed by atoms with Crippen LogP contribution in [0.2, 0.25) is 0 Å². The van der Waals surface area contributed by atoms with Gasteiger partial charge in [0.25, 0.3) is 11.6 Å². The van der Waals surface area contributed by atoms with Gasteiger partial charge in [0, 0.05) is 24.0 Å². The fourth-order valence-corrected chi connectivity index (χ4v) is 2.26. The lowest BCUT2D eigenvalue weighted by Crippen LogP contribution is -2.11. The second-order valence-electron chi connectivity index (χ2n) is 5.26. The first-order valence-electron chi connectivity index (χ1n) is 7.37. The Morgan fingerprint density at radius 1 is 1.24 bits per heavy atom. The molecule has 3 aromatic rings. The van der Waals surface area contributed by atoms with E-state index in [1.807, 2.05) is 0 Å². The van der Waals surface area contributed by atoms with Crippen molar-refractivity contribution in [3.63, 3.8) is 0 Å². The summed E-state index contributed by atoms with van der Waals surface area (Å²) in [5.41, 5.74) is 2.19. The monoisotopic (exact) mass is 338 g/mol. The third-order valence-corrected chi connectivity index (χ3v) is 3.54. The van der Waals surface area contributed by atoms with Gasteiger partial charge >= 0.3 is 0 Å². The first-order valence-corrected chi connectivity index (χ1v) is 7.37. The van der Waals surface area contributed by atoms with Crippen LogP contribution in [0.15, 0.2) is 60.9 Å². The molecule has 0 saturated heterocycles. The summed E-state index contributed by atoms with van der Waals surface area (Å²) >= 11 is 0. The molecule has 1 heterocycles. The lowest BCUT2D eigenvalue weighted by atomic mass is 10.2. The van der Waals surface area contributed by atoms with Crippen LogP contribution in [0, 0.1) is 10.1 Å². The average Bonchev–Trinajstić information content (AvgIpc) is 3.12. The normalized spacial score (nSPS) is 10.4. The number of hydrogen-bond acceptors (Lipinski definition) is 5. The molecular weight excluding hydrogens is 324 g/mol. The molecule has 2 N–H and O–H groups in total. The highest BCUT2D eigenvalue weighted by Crippen LogP contribution is 2.16. The molecule has 0 saturated carbocycles. The van der Waals surface area contributed by atoms with Crippen LogP contribution < -0.4 is 5.32 Å². The van der Waals surface area contributed by atoms with E-state index >= 15 is 0 Å². The van der Waals surface area contributed by atoms with Crippen LogP contribution in [-0.2, 0) is 6.61 Å². The number of nitrogens with one attached hydrogen (secondary N) is 1. The van der Waals surface area contributed by atoms with E-state index < -0.39 is 4.92 Å². The van der Waals surface area contributed by atoms with Crippen molar-refractivity contribution < 1.29 is 14.8 Å². The Kier molecular flexibility index (Phi) is 4.53. The molecule has 0 spiro atoms. The number of carbonyl (C=O) groups is 1. The molecule has 0 unspecified atom stereocenters. The van der Waals surface area contributed by atoms with Gasteiger partial charge in [-0.2, -0.15) is 5.10 Å². The van der Waals surface area contributed by atoms with Crippen LogP contribution >= 0.6 is 0 Å². The summed E-state index contributed by atoms with van der Waals surface area (Å²) in [7, 11) is 0. The predicted molar refractivity (Wildman–Crippen MR) is 90.5 cm³/mol. The second kappa shape index (κ2) is 6.93. The molecule has 8 heteroatoms. The molecular formula is C17H14N4O4. The summed E-state index contributed by atoms with van der Waals surface area (Å²) in [6.45, 7) is -0.109. The van der Waals surface area contributed by atoms with Crippen molar-refractivity contribution in [3.8, 4) is 5.69 Å². The summed E-state index contributed by atoms with van der Waals surface area (Å²) in [6.07, 6.45) is 2.94. The maximum Gasteiger partial charge on any atom is 0.269 e. The van der Waals surface area contributed by atoms with Crippen molar-refractivity contribution >= 4 is 17.3 Å². The minimum absolute atomic E-state index is 0.0161. The first-order chi connectivity index (χ1) is 12.1. The first kappa shape index (κ1) is 16.3. The van der Waals surface area contributed by atoms with E-state index in [1.165, 1.54) is 29.2 Å². The van der Waals surface area contributed by atoms with Crippen LogP contribution in [0.4, 0.5) is 11.4 Å². The maximum absolute atomic E-state index is 12.3. The number of benzene rings is 2. The Balaban J connectivity index is 1.76. The van der Waals surface area contributed by atoms with E-state index in [2.05, 4.69) is 10.4 Å². The fraction of sp³-hybridized carbons (Fsp3) is 0.0588. The van der Waals surface area contributed by atoms with Gasteiger partial charge in [0.05, 0.1) is 29.0 Å². The number of anilines is 1. The van der Waals surface area contributed by atoms with E-state index in [0.717, 1.165) is 0 Å². The number of non-ortho nitro benzene ring substituents is 1. The van der Waals surface area contributed by atoms with Crippen LogP contribution in [0.25, 0.3) is 5.69 Å². The lowest BCUT2D eigenvalue weighted by Gasteiger charge is -2.05. The molecule has 0 aliphatic rings. The van der Waals surface area contributed by atoms with E-state index in [9.17, 15) is 14.9 Å². The summed E-state index contributed by atoms with van der Waals surface area (Å²) in [5, 5.41) is 26.6. The number of aliphatic hydroxyl groups is 1. The average molecular weight is 338 g/mol. The zero-order valence-corrected chi connectivity index (χ0v) is 13.0. The van der Waals surface area contributed by atoms with Crippen molar-refractivity contribution in [2.24, 2.45) is 0 Å². The van der Waals surface area contributed by atoms with Gasteiger partial charge in [-0.1, -0.05) is 12.1 Å². The number of aliphatic hydroxyl groups excluding tert-OH is 1. The summed E-state index contributed by atoms with van der Waals surface area (Å²) in [5.74, 6) is -0.344. The van der Waals surface area contributed by atoms with Gasteiger partial charge in [-0.05, 0) is 29.8 Å². The predicted octanol–water partition coefficient (Wildman–Crippen LogP) is 2.53. The number of carbonyl (C=O) groups excluding carboxylic acids is 1. The molecule has 0 aliphatic heterocycles. The van der Waals surface area contributed by atoms with Gasteiger partial charge in [0.2, 0.25) is 0 Å². The molecule has 1 aromatic heterocycles. The molecule has 126 valence electrons. The highest BCUT2D eigenvalue weighted by atomic mass is 16.6. The number of amides is 1. The topological polar surface area (TPSA) is 110 Å². The second-order valence-corrected chi connectivity index (χ2v) is 5.26. The largest absolute Gasteiger partial charge is 0.392 e. The van der Waals surface area contributed by atoms with E-state index in [-0.39, 0.29) is 18.2 Å². The maximum atomic E-state index is 12.3. The SMILES string of the molecule is O=C(Nc1cccc(CO)c1)c1cnn(-c2ccc([N+](=O)[O-])cc2)c1. The third kappa shape index (κ3) is 3.70. The molecule has 1 amide bonds. The molecule has 0 atom stereocenters. The number of hydrogen-bond donors (Lipinski definition) is 2. The van der Waals surface area contributed by atoms with Crippen molar-refractivity contribution in [1.82, 2.24) is 9.78 Å². The molecule has 3 rings (SSSR count). The Hall–Kier alpha value is -3.52. The van der Waals surface area contributed by atoms with E-state index in [0.29, 0.717) is 22.5 Å². The number of nitro groups is 1. The van der Waals surface area contributed by atoms with Gasteiger partial charge in [-0.25, -0.2) is 4.68 Å². The zero-order valence-electron chi connectivity index (χ0n) is 13.0. The fourth-order valence-electron chi connectivity index (χ4n) is 2.26. The summed E-state index contributed by atoms with van der Waals surface area (Å²) in [4.78, 5) is 22.5. The van der Waals surface area contributed by atoms with Gasteiger partial charge < -0.3 is 10.4 Å². The lowest BCUT2D eigenvalue weighted by molar-refractivity contribution is -0.384. The van der Waals surface area contributed by atoms with Crippen molar-refractivity contribution in [1.29, 1.82) is 0 Å². The minimum Gasteiger partial charge on any atom is -0.392 e. The minimum atomic E-state index is -0.480. The zero-order chi connectivity index (χ0) is 17.8. The Morgan fingerprint density at radius 2 is 2.00 bits per heavy atom. The molecule has 0 aliphatic carbocycles. The Labute approximate surface area is 142 Å². The highest BCUT2D eigenvalue weighted by molar-refractivity contribution is 6.04. The van der Waals surface area contributed by atoms with Crippen LogP contribution in [0.5, 0.6) is 0 Å². The molecule has 0 radical (unpaired) electrons. The summed E-state index contributed by atoms with van der Waals surface area (Å²) < 4.78 is 1.46. The van der Waals surface area contributed by atoms with Gasteiger partial charge in [-0.15, -0.1) is 0 Å². The number of rotatable bonds is 5. The third-order valence-electron chi connectivity index (χ3n) is 3.54. The van der Waals surface area contributed by atoms with Crippen LogP contribution in [-0.4, -0.2) is 25.7 Å². The number of nitrogens with zero attached hydrogens (tertiary/aromatic N) is 3. The summed E-state index contributed by atoms with van der Waals surface area (Å²) in [6, 6.07) is 12.7. The number of nitro benzene ring substituents is 1. The standard InChI is InChI=1S/C17H14N4O4/c22-11-12-2-1-3-14(8-12)19-17(23)13-9-18-20(10-13)15-4-6-16(7-5-15)21(24)25/h1-10,22H,11H2,(H,19,23). The molecule has 2 aromatic carbocycles. The molecule has 0 bridgehead atoms. The van der Waals surface area contributed by atoms with E-state index in [1.54, 1.807) is 36.4 Å². The Morgan fingerprint density at radius 3 is 2.68 bits per heavy atom. The van der Waals surface area contributed by atoms with Crippen LogP contribution in [0.3, 0.4) is 0 Å². The quantitative estimate of drug-likeness (QED) is 0.548. The van der Waals surface area contributed by atoms with Gasteiger partial charge in [-0.3, -0.25) is 14.9 Å². The van der Waals surface area contributed by atoms with Crippen molar-refractivity contribution in [3.05, 3.63) is 82.2 Å². The molecule has 8 nitrogen and oxygen atoms in total. The number of aromatic nitrogens is 2. The van der Waals surface area contributed by atoms with Crippen molar-refractivity contribution in [2.45, 2.75) is 6.61 Å². The Bertz CT molecular complexity index is 918. The molecule has 25 heavy (non-hydrogen) atoms. The highest BCUT2D eigenvalue weighted by Gasteiger charge is 2.11. The van der Waals surface area contributed by atoms with Gasteiger partial charge in [0.1, 0.15) is 0 Å². The van der Waals surface area contributed by atoms with E-state index in [4.69, 9.17) is 5.11 Å². The molecule has 0 fully saturated rings. The van der Waals surface area contributed by atoms with Gasteiger partial charge in [0.15, 0.2) is 0 Å². The van der Waals surface area contributed by atoms with Crippen LogP contribution in [0.1, 0.15) is 15.9 Å². The van der Waals surface area contributed by atoms with Crippen molar-refractivity contribution in [2.75, 3.05) is 5.32 Å².